The van der Waals surface area contributed by atoms with Crippen molar-refractivity contribution in [2.24, 2.45) is 5.41 Å². The number of alkyl halides is 1. The van der Waals surface area contributed by atoms with Gasteiger partial charge in [-0.25, -0.2) is 0 Å². The summed E-state index contributed by atoms with van der Waals surface area (Å²) in [5, 5.41) is 7.70. The minimum Gasteiger partial charge on any atom is -0.282 e. The van der Waals surface area contributed by atoms with Crippen molar-refractivity contribution in [1.82, 2.24) is 10.2 Å². The molecule has 1 N–H and O–H groups in total. The fourth-order valence-corrected chi connectivity index (χ4v) is 3.47. The molecule has 1 aliphatic rings. The molecule has 1 atom stereocenters. The van der Waals surface area contributed by atoms with Crippen molar-refractivity contribution in [3.63, 3.8) is 0 Å². The SMILES string of the molecule is CC1(C)Cc2[nH]nc(-c3ccccc3)c2C(Cl)C1. The topological polar surface area (TPSA) is 28.7 Å². The Bertz CT molecular complexity index is 557. The maximum absolute atomic E-state index is 6.57. The summed E-state index contributed by atoms with van der Waals surface area (Å²) in [4.78, 5) is 0. The van der Waals surface area contributed by atoms with Crippen molar-refractivity contribution >= 4 is 11.6 Å². The maximum Gasteiger partial charge on any atom is 0.0970 e. The molecule has 1 heterocycles. The van der Waals surface area contributed by atoms with Crippen LogP contribution in [0, 0.1) is 5.41 Å². The highest BCUT2D eigenvalue weighted by atomic mass is 35.5. The van der Waals surface area contributed by atoms with Gasteiger partial charge in [-0.15, -0.1) is 11.6 Å². The monoisotopic (exact) mass is 260 g/mol. The first-order valence-corrected chi connectivity index (χ1v) is 6.77. The Balaban J connectivity index is 2.09. The second kappa shape index (κ2) is 4.13. The summed E-state index contributed by atoms with van der Waals surface area (Å²) in [5.41, 5.74) is 4.80. The van der Waals surface area contributed by atoms with Crippen LogP contribution in [0.15, 0.2) is 30.3 Å². The Morgan fingerprint density at radius 3 is 2.72 bits per heavy atom. The number of fused-ring (bicyclic) bond motifs is 1. The van der Waals surface area contributed by atoms with Gasteiger partial charge in [0.1, 0.15) is 0 Å². The van der Waals surface area contributed by atoms with Gasteiger partial charge in [0.25, 0.3) is 0 Å². The Morgan fingerprint density at radius 2 is 2.00 bits per heavy atom. The molecular weight excluding hydrogens is 244 g/mol. The average molecular weight is 261 g/mol. The van der Waals surface area contributed by atoms with Gasteiger partial charge in [0.05, 0.1) is 11.1 Å². The van der Waals surface area contributed by atoms with Crippen LogP contribution in [0.4, 0.5) is 0 Å². The number of halogens is 1. The predicted molar refractivity (Wildman–Crippen MR) is 74.7 cm³/mol. The molecule has 94 valence electrons. The minimum absolute atomic E-state index is 0.0534. The molecule has 1 unspecified atom stereocenters. The zero-order chi connectivity index (χ0) is 12.8. The standard InChI is InChI=1S/C15H17ClN2/c1-15(2)8-11(16)13-12(9-15)17-18-14(13)10-6-4-3-5-7-10/h3-7,11H,8-9H2,1-2H3,(H,17,18). The van der Waals surface area contributed by atoms with Crippen LogP contribution in [-0.2, 0) is 6.42 Å². The van der Waals surface area contributed by atoms with E-state index in [1.807, 2.05) is 18.2 Å². The molecule has 2 nitrogen and oxygen atoms in total. The van der Waals surface area contributed by atoms with Crippen LogP contribution >= 0.6 is 11.6 Å². The van der Waals surface area contributed by atoms with Crippen molar-refractivity contribution in [3.05, 3.63) is 41.6 Å². The summed E-state index contributed by atoms with van der Waals surface area (Å²) < 4.78 is 0. The van der Waals surface area contributed by atoms with Crippen LogP contribution < -0.4 is 0 Å². The van der Waals surface area contributed by atoms with Crippen molar-refractivity contribution in [1.29, 1.82) is 0 Å². The molecule has 1 aromatic heterocycles. The van der Waals surface area contributed by atoms with E-state index in [1.165, 1.54) is 11.3 Å². The van der Waals surface area contributed by atoms with Crippen LogP contribution in [0.1, 0.15) is 36.9 Å². The van der Waals surface area contributed by atoms with Crippen molar-refractivity contribution in [2.75, 3.05) is 0 Å². The van der Waals surface area contributed by atoms with Gasteiger partial charge in [-0.05, 0) is 18.3 Å². The van der Waals surface area contributed by atoms with Gasteiger partial charge in [0.2, 0.25) is 0 Å². The minimum atomic E-state index is 0.0534. The molecule has 0 saturated heterocycles. The van der Waals surface area contributed by atoms with Crippen molar-refractivity contribution < 1.29 is 0 Å². The van der Waals surface area contributed by atoms with Crippen LogP contribution in [0.2, 0.25) is 0 Å². The number of benzene rings is 1. The van der Waals surface area contributed by atoms with E-state index in [-0.39, 0.29) is 10.8 Å². The molecule has 18 heavy (non-hydrogen) atoms. The summed E-state index contributed by atoms with van der Waals surface area (Å²) in [6.45, 7) is 4.52. The maximum atomic E-state index is 6.57. The van der Waals surface area contributed by atoms with Crippen LogP contribution in [0.3, 0.4) is 0 Å². The molecule has 0 amide bonds. The number of rotatable bonds is 1. The Kier molecular flexibility index (Phi) is 2.70. The molecule has 1 aromatic carbocycles. The van der Waals surface area contributed by atoms with E-state index >= 15 is 0 Å². The first-order chi connectivity index (χ1) is 8.57. The van der Waals surface area contributed by atoms with Gasteiger partial charge in [-0.1, -0.05) is 44.2 Å². The van der Waals surface area contributed by atoms with Gasteiger partial charge in [0.15, 0.2) is 0 Å². The lowest BCUT2D eigenvalue weighted by atomic mass is 9.76. The van der Waals surface area contributed by atoms with Crippen LogP contribution in [0.5, 0.6) is 0 Å². The normalized spacial score (nSPS) is 21.6. The molecule has 0 aliphatic heterocycles. The zero-order valence-electron chi connectivity index (χ0n) is 10.7. The summed E-state index contributed by atoms with van der Waals surface area (Å²) in [6.07, 6.45) is 2.02. The highest BCUT2D eigenvalue weighted by Gasteiger charge is 2.34. The molecule has 0 spiro atoms. The predicted octanol–water partition coefficient (Wildman–Crippen LogP) is 4.33. The lowest BCUT2D eigenvalue weighted by molar-refractivity contribution is 0.307. The quantitative estimate of drug-likeness (QED) is 0.760. The number of aromatic nitrogens is 2. The van der Waals surface area contributed by atoms with E-state index < -0.39 is 0 Å². The van der Waals surface area contributed by atoms with E-state index in [0.717, 1.165) is 24.1 Å². The Labute approximate surface area is 112 Å². The molecule has 0 bridgehead atoms. The number of aromatic amines is 1. The third-order valence-electron chi connectivity index (χ3n) is 3.63. The third kappa shape index (κ3) is 1.95. The van der Waals surface area contributed by atoms with E-state index in [9.17, 15) is 0 Å². The molecular formula is C15H17ClN2. The summed E-state index contributed by atoms with van der Waals surface area (Å²) in [6, 6.07) is 10.3. The number of nitrogens with zero attached hydrogens (tertiary/aromatic N) is 1. The molecule has 3 rings (SSSR count). The summed E-state index contributed by atoms with van der Waals surface area (Å²) in [7, 11) is 0. The van der Waals surface area contributed by atoms with Gasteiger partial charge >= 0.3 is 0 Å². The van der Waals surface area contributed by atoms with E-state index in [4.69, 9.17) is 11.6 Å². The fourth-order valence-electron chi connectivity index (χ4n) is 2.81. The van der Waals surface area contributed by atoms with E-state index in [2.05, 4.69) is 36.2 Å². The van der Waals surface area contributed by atoms with Crippen LogP contribution in [-0.4, -0.2) is 10.2 Å². The van der Waals surface area contributed by atoms with Crippen molar-refractivity contribution in [3.8, 4) is 11.3 Å². The second-order valence-electron chi connectivity index (χ2n) is 5.84. The highest BCUT2D eigenvalue weighted by Crippen LogP contribution is 2.46. The smallest absolute Gasteiger partial charge is 0.0970 e. The third-order valence-corrected chi connectivity index (χ3v) is 4.00. The second-order valence-corrected chi connectivity index (χ2v) is 6.37. The molecule has 2 aromatic rings. The first kappa shape index (κ1) is 11.8. The number of nitrogens with one attached hydrogen (secondary N) is 1. The molecule has 3 heteroatoms. The van der Waals surface area contributed by atoms with E-state index in [0.29, 0.717) is 0 Å². The molecule has 1 aliphatic carbocycles. The Morgan fingerprint density at radius 1 is 1.28 bits per heavy atom. The zero-order valence-corrected chi connectivity index (χ0v) is 11.5. The lowest BCUT2D eigenvalue weighted by Gasteiger charge is -2.32. The van der Waals surface area contributed by atoms with Gasteiger partial charge < -0.3 is 0 Å². The molecule has 0 fully saturated rings. The van der Waals surface area contributed by atoms with Crippen molar-refractivity contribution in [2.45, 2.75) is 32.1 Å². The van der Waals surface area contributed by atoms with Gasteiger partial charge in [-0.2, -0.15) is 5.10 Å². The highest BCUT2D eigenvalue weighted by molar-refractivity contribution is 6.21. The summed E-state index contributed by atoms with van der Waals surface area (Å²) in [5.74, 6) is 0. The number of H-pyrrole nitrogens is 1. The lowest BCUT2D eigenvalue weighted by Crippen LogP contribution is -2.23. The largest absolute Gasteiger partial charge is 0.282 e. The Hall–Kier alpha value is -1.28. The molecule has 0 saturated carbocycles. The first-order valence-electron chi connectivity index (χ1n) is 6.33. The average Bonchev–Trinajstić information content (AvgIpc) is 2.72. The van der Waals surface area contributed by atoms with Gasteiger partial charge in [0, 0.05) is 16.8 Å². The fraction of sp³-hybridized carbons (Fsp3) is 0.400. The number of hydrogen-bond donors (Lipinski definition) is 1. The number of hydrogen-bond acceptors (Lipinski definition) is 1. The molecule has 0 radical (unpaired) electrons. The van der Waals surface area contributed by atoms with Gasteiger partial charge in [-0.3, -0.25) is 5.10 Å². The van der Waals surface area contributed by atoms with Crippen LogP contribution in [0.25, 0.3) is 11.3 Å². The van der Waals surface area contributed by atoms with E-state index in [1.54, 1.807) is 0 Å². The summed E-state index contributed by atoms with van der Waals surface area (Å²) >= 11 is 6.57.